The third kappa shape index (κ3) is 4.11. The molecule has 2 rings (SSSR count). The summed E-state index contributed by atoms with van der Waals surface area (Å²) >= 11 is 6.11. The molecule has 21 heavy (non-hydrogen) atoms. The van der Waals surface area contributed by atoms with Gasteiger partial charge in [0.25, 0.3) is 0 Å². The van der Waals surface area contributed by atoms with Crippen LogP contribution in [-0.2, 0) is 9.53 Å². The number of amides is 1. The zero-order valence-corrected chi connectivity index (χ0v) is 12.9. The van der Waals surface area contributed by atoms with E-state index in [1.54, 1.807) is 39.0 Å². The van der Waals surface area contributed by atoms with Gasteiger partial charge in [0.15, 0.2) is 0 Å². The van der Waals surface area contributed by atoms with Crippen molar-refractivity contribution in [2.24, 2.45) is 5.92 Å². The molecule has 2 N–H and O–H groups in total. The van der Waals surface area contributed by atoms with E-state index in [0.29, 0.717) is 17.1 Å². The van der Waals surface area contributed by atoms with E-state index in [4.69, 9.17) is 21.4 Å². The summed E-state index contributed by atoms with van der Waals surface area (Å²) in [6, 6.07) is 5.02. The van der Waals surface area contributed by atoms with E-state index in [9.17, 15) is 9.59 Å². The molecule has 1 aromatic carbocycles. The lowest BCUT2D eigenvalue weighted by Crippen LogP contribution is -2.27. The number of carboxylic acids is 1. The first-order valence-electron chi connectivity index (χ1n) is 6.69. The van der Waals surface area contributed by atoms with E-state index in [1.807, 2.05) is 0 Å². The predicted octanol–water partition coefficient (Wildman–Crippen LogP) is 3.88. The first-order chi connectivity index (χ1) is 9.67. The van der Waals surface area contributed by atoms with Crippen LogP contribution in [0, 0.1) is 5.92 Å². The van der Waals surface area contributed by atoms with Crippen LogP contribution < -0.4 is 5.32 Å². The van der Waals surface area contributed by atoms with Crippen molar-refractivity contribution >= 4 is 29.4 Å². The smallest absolute Gasteiger partial charge is 0.412 e. The molecule has 0 aromatic heterocycles. The van der Waals surface area contributed by atoms with Crippen molar-refractivity contribution < 1.29 is 19.4 Å². The van der Waals surface area contributed by atoms with Gasteiger partial charge in [-0.2, -0.15) is 0 Å². The highest BCUT2D eigenvalue weighted by Crippen LogP contribution is 2.50. The van der Waals surface area contributed by atoms with Crippen molar-refractivity contribution in [1.29, 1.82) is 0 Å². The normalized spacial score (nSPS) is 20.8. The first kappa shape index (κ1) is 15.6. The third-order valence-corrected chi connectivity index (χ3v) is 3.49. The lowest BCUT2D eigenvalue weighted by atomic mass is 10.1. The number of aliphatic carboxylic acids is 1. The van der Waals surface area contributed by atoms with Crippen LogP contribution in [0.5, 0.6) is 0 Å². The van der Waals surface area contributed by atoms with Crippen LogP contribution in [0.2, 0.25) is 5.02 Å². The average molecular weight is 312 g/mol. The number of ether oxygens (including phenoxy) is 1. The molecule has 1 aliphatic carbocycles. The minimum Gasteiger partial charge on any atom is -0.481 e. The molecule has 2 unspecified atom stereocenters. The van der Waals surface area contributed by atoms with Crippen molar-refractivity contribution in [1.82, 2.24) is 0 Å². The number of nitrogens with one attached hydrogen (secondary N) is 1. The Morgan fingerprint density at radius 1 is 1.38 bits per heavy atom. The Morgan fingerprint density at radius 3 is 2.57 bits per heavy atom. The number of carbonyl (C=O) groups is 2. The standard InChI is InChI=1S/C15H18ClNO4/c1-15(2,3)21-14(20)17-8-4-5-12(16)10(6-8)9-7-11(9)13(18)19/h4-6,9,11H,7H2,1-3H3,(H,17,20)(H,18,19). The Kier molecular flexibility index (Phi) is 4.14. The van der Waals surface area contributed by atoms with Crippen molar-refractivity contribution in [3.8, 4) is 0 Å². The van der Waals surface area contributed by atoms with Crippen LogP contribution in [0.3, 0.4) is 0 Å². The van der Waals surface area contributed by atoms with Gasteiger partial charge < -0.3 is 9.84 Å². The molecule has 1 fully saturated rings. The lowest BCUT2D eigenvalue weighted by molar-refractivity contribution is -0.138. The minimum atomic E-state index is -0.818. The van der Waals surface area contributed by atoms with Crippen LogP contribution in [0.1, 0.15) is 38.7 Å². The number of benzene rings is 1. The van der Waals surface area contributed by atoms with E-state index in [1.165, 1.54) is 0 Å². The summed E-state index contributed by atoms with van der Waals surface area (Å²) in [4.78, 5) is 22.7. The fourth-order valence-electron chi connectivity index (χ4n) is 2.14. The fourth-order valence-corrected chi connectivity index (χ4v) is 2.40. The van der Waals surface area contributed by atoms with Crippen LogP contribution in [0.15, 0.2) is 18.2 Å². The van der Waals surface area contributed by atoms with E-state index in [-0.39, 0.29) is 11.8 Å². The minimum absolute atomic E-state index is 0.0876. The summed E-state index contributed by atoms with van der Waals surface area (Å²) in [7, 11) is 0. The van der Waals surface area contributed by atoms with Gasteiger partial charge in [-0.15, -0.1) is 0 Å². The van der Waals surface area contributed by atoms with E-state index < -0.39 is 17.7 Å². The highest BCUT2D eigenvalue weighted by atomic mass is 35.5. The first-order valence-corrected chi connectivity index (χ1v) is 7.07. The monoisotopic (exact) mass is 311 g/mol. The maximum absolute atomic E-state index is 11.7. The van der Waals surface area contributed by atoms with Crippen LogP contribution >= 0.6 is 11.6 Å². The van der Waals surface area contributed by atoms with Crippen LogP contribution in [0.25, 0.3) is 0 Å². The molecular formula is C15H18ClNO4. The third-order valence-electron chi connectivity index (χ3n) is 3.15. The number of rotatable bonds is 3. The number of carbonyl (C=O) groups excluding carboxylic acids is 1. The quantitative estimate of drug-likeness (QED) is 0.888. The Bertz CT molecular complexity index is 580. The highest BCUT2D eigenvalue weighted by molar-refractivity contribution is 6.31. The summed E-state index contributed by atoms with van der Waals surface area (Å²) in [5, 5.41) is 12.1. The van der Waals surface area contributed by atoms with Crippen molar-refractivity contribution in [2.75, 3.05) is 5.32 Å². The Labute approximate surface area is 128 Å². The zero-order chi connectivity index (χ0) is 15.8. The summed E-state index contributed by atoms with van der Waals surface area (Å²) in [5.74, 6) is -1.30. The molecule has 0 radical (unpaired) electrons. The Morgan fingerprint density at radius 2 is 2.05 bits per heavy atom. The number of hydrogen-bond donors (Lipinski definition) is 2. The number of anilines is 1. The molecule has 0 saturated heterocycles. The maximum Gasteiger partial charge on any atom is 0.412 e. The topological polar surface area (TPSA) is 75.6 Å². The van der Waals surface area contributed by atoms with Crippen molar-refractivity contribution in [2.45, 2.75) is 38.7 Å². The van der Waals surface area contributed by atoms with Gasteiger partial charge in [-0.3, -0.25) is 10.1 Å². The van der Waals surface area contributed by atoms with Crippen LogP contribution in [0.4, 0.5) is 10.5 Å². The van der Waals surface area contributed by atoms with Gasteiger partial charge in [-0.25, -0.2) is 4.79 Å². The predicted molar refractivity (Wildman–Crippen MR) is 79.8 cm³/mol. The molecular weight excluding hydrogens is 294 g/mol. The van der Waals surface area contributed by atoms with Gasteiger partial charge >= 0.3 is 12.1 Å². The summed E-state index contributed by atoms with van der Waals surface area (Å²) in [6.07, 6.45) is 0.0200. The SMILES string of the molecule is CC(C)(C)OC(=O)Nc1ccc(Cl)c(C2CC2C(=O)O)c1. The van der Waals surface area contributed by atoms with Crippen LogP contribution in [-0.4, -0.2) is 22.8 Å². The number of carboxylic acid groups (broad SMARTS) is 1. The summed E-state index contributed by atoms with van der Waals surface area (Å²) in [6.45, 7) is 5.34. The van der Waals surface area contributed by atoms with E-state index in [0.717, 1.165) is 5.56 Å². The summed E-state index contributed by atoms with van der Waals surface area (Å²) < 4.78 is 5.17. The highest BCUT2D eigenvalue weighted by Gasteiger charge is 2.45. The summed E-state index contributed by atoms with van der Waals surface area (Å²) in [5.41, 5.74) is 0.710. The molecule has 1 aromatic rings. The molecule has 2 atom stereocenters. The maximum atomic E-state index is 11.7. The molecule has 1 aliphatic rings. The molecule has 1 amide bonds. The number of halogens is 1. The molecule has 0 aliphatic heterocycles. The van der Waals surface area contributed by atoms with E-state index >= 15 is 0 Å². The molecule has 0 spiro atoms. The van der Waals surface area contributed by atoms with Crippen molar-refractivity contribution in [3.05, 3.63) is 28.8 Å². The van der Waals surface area contributed by atoms with Gasteiger partial charge in [0.2, 0.25) is 0 Å². The van der Waals surface area contributed by atoms with Gasteiger partial charge in [0.05, 0.1) is 5.92 Å². The van der Waals surface area contributed by atoms with Gasteiger partial charge in [0.1, 0.15) is 5.60 Å². The fraction of sp³-hybridized carbons (Fsp3) is 0.467. The van der Waals surface area contributed by atoms with Crippen molar-refractivity contribution in [3.63, 3.8) is 0 Å². The molecule has 5 nitrogen and oxygen atoms in total. The van der Waals surface area contributed by atoms with Gasteiger partial charge in [0, 0.05) is 10.7 Å². The molecule has 1 saturated carbocycles. The average Bonchev–Trinajstić information content (AvgIpc) is 3.09. The lowest BCUT2D eigenvalue weighted by Gasteiger charge is -2.20. The molecule has 0 heterocycles. The van der Waals surface area contributed by atoms with E-state index in [2.05, 4.69) is 5.32 Å². The molecule has 6 heteroatoms. The second-order valence-electron chi connectivity index (χ2n) is 6.15. The largest absolute Gasteiger partial charge is 0.481 e. The van der Waals surface area contributed by atoms with Gasteiger partial charge in [-0.05, 0) is 56.9 Å². The zero-order valence-electron chi connectivity index (χ0n) is 12.1. The Balaban J connectivity index is 2.09. The second-order valence-corrected chi connectivity index (χ2v) is 6.56. The molecule has 114 valence electrons. The van der Waals surface area contributed by atoms with Gasteiger partial charge in [-0.1, -0.05) is 11.6 Å². The molecule has 0 bridgehead atoms. The Hall–Kier alpha value is -1.75. The number of hydrogen-bond acceptors (Lipinski definition) is 3. The second kappa shape index (κ2) is 5.56.